The van der Waals surface area contributed by atoms with Crippen molar-refractivity contribution in [3.8, 4) is 0 Å². The molecule has 16 heavy (non-hydrogen) atoms. The van der Waals surface area contributed by atoms with Crippen LogP contribution >= 0.6 is 0 Å². The molecule has 0 aromatic rings. The van der Waals surface area contributed by atoms with Crippen LogP contribution in [0.25, 0.3) is 0 Å². The molecular formula is C16H23+. The lowest BCUT2D eigenvalue weighted by Gasteiger charge is -2.63. The first-order valence-electron chi connectivity index (χ1n) is 7.80. The Balaban J connectivity index is 1.54. The minimum Gasteiger partial charge on any atom is -0.0494 e. The van der Waals surface area contributed by atoms with E-state index in [2.05, 4.69) is 5.92 Å². The molecule has 7 rings (SSSR count). The molecule has 0 aromatic carbocycles. The molecule has 3 unspecified atom stereocenters. The first-order valence-corrected chi connectivity index (χ1v) is 7.80. The third kappa shape index (κ3) is 0.854. The third-order valence-electron chi connectivity index (χ3n) is 7.22. The van der Waals surface area contributed by atoms with Crippen LogP contribution in [0.3, 0.4) is 0 Å². The summed E-state index contributed by atoms with van der Waals surface area (Å²) < 4.78 is 0. The van der Waals surface area contributed by atoms with Gasteiger partial charge in [-0.05, 0) is 57.3 Å². The molecule has 7 fully saturated rings. The summed E-state index contributed by atoms with van der Waals surface area (Å²) >= 11 is 0. The number of hydrogen-bond acceptors (Lipinski definition) is 0. The number of hydrogen-bond donors (Lipinski definition) is 0. The highest BCUT2D eigenvalue weighted by Crippen LogP contribution is 2.73. The van der Waals surface area contributed by atoms with E-state index in [4.69, 9.17) is 0 Å². The summed E-state index contributed by atoms with van der Waals surface area (Å²) in [6.45, 7) is 0. The van der Waals surface area contributed by atoms with Crippen molar-refractivity contribution in [2.75, 3.05) is 0 Å². The Kier molecular flexibility index (Phi) is 1.56. The molecule has 0 heteroatoms. The summed E-state index contributed by atoms with van der Waals surface area (Å²) in [7, 11) is 0. The minimum absolute atomic E-state index is 1.11. The van der Waals surface area contributed by atoms with Crippen LogP contribution in [0.4, 0.5) is 0 Å². The lowest BCUT2D eigenvalue weighted by Crippen LogP contribution is -2.64. The highest BCUT2D eigenvalue weighted by Gasteiger charge is 2.74. The normalized spacial score (nSPS) is 61.5. The molecule has 0 heterocycles. The van der Waals surface area contributed by atoms with Gasteiger partial charge in [-0.1, -0.05) is 0 Å². The van der Waals surface area contributed by atoms with E-state index in [1.807, 2.05) is 0 Å². The Hall–Kier alpha value is -0.130. The van der Waals surface area contributed by atoms with Gasteiger partial charge in [-0.3, -0.25) is 0 Å². The predicted molar refractivity (Wildman–Crippen MR) is 64.6 cm³/mol. The fourth-order valence-corrected chi connectivity index (χ4v) is 6.78. The van der Waals surface area contributed by atoms with Crippen LogP contribution < -0.4 is 0 Å². The highest BCUT2D eigenvalue weighted by atomic mass is 14.7. The second-order valence-electron chi connectivity index (χ2n) is 7.42. The van der Waals surface area contributed by atoms with Gasteiger partial charge in [0.2, 0.25) is 0 Å². The molecule has 4 bridgehead atoms. The van der Waals surface area contributed by atoms with Gasteiger partial charge in [0, 0.05) is 17.8 Å². The summed E-state index contributed by atoms with van der Waals surface area (Å²) in [5.74, 6) is 10.2. The second kappa shape index (κ2) is 2.82. The van der Waals surface area contributed by atoms with Gasteiger partial charge < -0.3 is 0 Å². The van der Waals surface area contributed by atoms with Gasteiger partial charge in [0.15, 0.2) is 0 Å². The van der Waals surface area contributed by atoms with Crippen molar-refractivity contribution in [1.82, 2.24) is 0 Å². The van der Waals surface area contributed by atoms with Gasteiger partial charge in [0.25, 0.3) is 0 Å². The maximum atomic E-state index is 2.14. The Morgan fingerprint density at radius 2 is 1.06 bits per heavy atom. The van der Waals surface area contributed by atoms with Gasteiger partial charge in [0.05, 0.1) is 0 Å². The topological polar surface area (TPSA) is 0 Å². The van der Waals surface area contributed by atoms with Gasteiger partial charge in [-0.25, -0.2) is 0 Å². The fourth-order valence-electron chi connectivity index (χ4n) is 6.78. The van der Waals surface area contributed by atoms with E-state index in [1.54, 1.807) is 51.4 Å². The van der Waals surface area contributed by atoms with Crippen LogP contribution in [-0.2, 0) is 0 Å². The van der Waals surface area contributed by atoms with Crippen LogP contribution in [0, 0.1) is 47.3 Å². The van der Waals surface area contributed by atoms with E-state index in [1.165, 1.54) is 11.8 Å². The van der Waals surface area contributed by atoms with Crippen molar-refractivity contribution in [2.45, 2.75) is 51.4 Å². The molecule has 7 aliphatic carbocycles. The quantitative estimate of drug-likeness (QED) is 0.534. The summed E-state index contributed by atoms with van der Waals surface area (Å²) in [6, 6.07) is 0. The Morgan fingerprint density at radius 3 is 1.69 bits per heavy atom. The predicted octanol–water partition coefficient (Wildman–Crippen LogP) is 4.06. The number of rotatable bonds is 0. The van der Waals surface area contributed by atoms with Gasteiger partial charge in [-0.2, -0.15) is 0 Å². The number of fused-ring (bicyclic) bond motifs is 4. The molecule has 0 amide bonds. The molecule has 0 nitrogen and oxygen atoms in total. The van der Waals surface area contributed by atoms with E-state index in [0.717, 1.165) is 29.6 Å². The van der Waals surface area contributed by atoms with E-state index < -0.39 is 0 Å². The first kappa shape index (κ1) is 8.89. The molecule has 0 radical (unpaired) electrons. The summed E-state index contributed by atoms with van der Waals surface area (Å²) in [5.41, 5.74) is 0. The van der Waals surface area contributed by atoms with E-state index in [-0.39, 0.29) is 0 Å². The fraction of sp³-hybridized carbons (Fsp3) is 0.938. The molecule has 0 N–H and O–H groups in total. The molecular weight excluding hydrogens is 192 g/mol. The van der Waals surface area contributed by atoms with Crippen LogP contribution in [0.15, 0.2) is 0 Å². The summed E-state index contributed by atoms with van der Waals surface area (Å²) in [6.07, 6.45) is 12.8. The monoisotopic (exact) mass is 215 g/mol. The smallest absolute Gasteiger partial charge is 0.0494 e. The Morgan fingerprint density at radius 1 is 0.562 bits per heavy atom. The van der Waals surface area contributed by atoms with Crippen molar-refractivity contribution >= 4 is 0 Å². The SMILES string of the molecule is C1CC2CCC1[C+]1C2C2C3CCC(CC3)C12. The largest absolute Gasteiger partial charge is 0.111 e. The van der Waals surface area contributed by atoms with Crippen molar-refractivity contribution in [1.29, 1.82) is 0 Å². The van der Waals surface area contributed by atoms with Crippen LogP contribution in [-0.4, -0.2) is 0 Å². The Bertz CT molecular complexity index is 232. The van der Waals surface area contributed by atoms with Crippen LogP contribution in [0.1, 0.15) is 51.4 Å². The van der Waals surface area contributed by atoms with Gasteiger partial charge in [-0.15, -0.1) is 0 Å². The second-order valence-corrected chi connectivity index (χ2v) is 7.42. The third-order valence-corrected chi connectivity index (χ3v) is 7.22. The van der Waals surface area contributed by atoms with Gasteiger partial charge >= 0.3 is 0 Å². The van der Waals surface area contributed by atoms with Crippen molar-refractivity contribution < 1.29 is 0 Å². The molecule has 7 aliphatic rings. The molecule has 86 valence electrons. The zero-order valence-electron chi connectivity index (χ0n) is 10.2. The van der Waals surface area contributed by atoms with Gasteiger partial charge in [0.1, 0.15) is 23.7 Å². The molecule has 7 saturated carbocycles. The zero-order chi connectivity index (χ0) is 10.3. The van der Waals surface area contributed by atoms with Crippen molar-refractivity contribution in [3.05, 3.63) is 5.92 Å². The standard InChI is InChI=1S/C16H23/c1-2-10-4-3-9(1)13-14(10)16-12-7-5-11(6-8-12)15(13)16/h9-15H,1-8H2/q+1. The zero-order valence-corrected chi connectivity index (χ0v) is 10.2. The Labute approximate surface area is 99.2 Å². The van der Waals surface area contributed by atoms with E-state index in [9.17, 15) is 0 Å². The highest BCUT2D eigenvalue weighted by molar-refractivity contribution is 5.28. The van der Waals surface area contributed by atoms with E-state index in [0.29, 0.717) is 0 Å². The lowest BCUT2D eigenvalue weighted by atomic mass is 9.34. The first-order chi connectivity index (χ1) is 7.93. The van der Waals surface area contributed by atoms with Crippen molar-refractivity contribution in [2.24, 2.45) is 41.4 Å². The molecule has 0 spiro atoms. The summed E-state index contributed by atoms with van der Waals surface area (Å²) in [5, 5.41) is 0. The lowest BCUT2D eigenvalue weighted by molar-refractivity contribution is -0.140. The van der Waals surface area contributed by atoms with Crippen LogP contribution in [0.5, 0.6) is 0 Å². The summed E-state index contributed by atoms with van der Waals surface area (Å²) in [4.78, 5) is 0. The molecule has 0 aromatic heterocycles. The van der Waals surface area contributed by atoms with Crippen LogP contribution in [0.2, 0.25) is 0 Å². The maximum Gasteiger partial charge on any atom is 0.111 e. The molecule has 0 aliphatic heterocycles. The average Bonchev–Trinajstić information content (AvgIpc) is 2.33. The van der Waals surface area contributed by atoms with Crippen molar-refractivity contribution in [3.63, 3.8) is 0 Å². The molecule has 0 saturated heterocycles. The maximum absolute atomic E-state index is 2.14. The van der Waals surface area contributed by atoms with E-state index >= 15 is 0 Å². The minimum atomic E-state index is 1.11. The average molecular weight is 215 g/mol. The molecule has 3 atom stereocenters.